The van der Waals surface area contributed by atoms with Crippen molar-refractivity contribution in [2.45, 2.75) is 180 Å². The molecule has 0 aliphatic heterocycles. The maximum absolute atomic E-state index is 12.4. The summed E-state index contributed by atoms with van der Waals surface area (Å²) in [4.78, 5) is 22.9. The third-order valence-electron chi connectivity index (χ3n) is 6.99. The van der Waals surface area contributed by atoms with Gasteiger partial charge >= 0.3 is 11.9 Å². The minimum Gasteiger partial charge on any atom is -0.481 e. The van der Waals surface area contributed by atoms with E-state index in [0.717, 1.165) is 64.2 Å². The van der Waals surface area contributed by atoms with Gasteiger partial charge in [0.2, 0.25) is 0 Å². The van der Waals surface area contributed by atoms with E-state index < -0.39 is 5.97 Å². The van der Waals surface area contributed by atoms with E-state index in [2.05, 4.69) is 26.0 Å². The number of carbonyl (C=O) groups excluding carboxylic acids is 1. The number of hydrogen-bond acceptors (Lipinski definition) is 3. The lowest BCUT2D eigenvalue weighted by molar-refractivity contribution is -0.150. The largest absolute Gasteiger partial charge is 0.481 e. The van der Waals surface area contributed by atoms with Gasteiger partial charge in [-0.25, -0.2) is 0 Å². The van der Waals surface area contributed by atoms with Crippen LogP contribution in [0.3, 0.4) is 0 Å². The Hall–Kier alpha value is -1.32. The lowest BCUT2D eigenvalue weighted by atomic mass is 10.0. The molecule has 4 heteroatoms. The van der Waals surface area contributed by atoms with E-state index in [4.69, 9.17) is 9.84 Å². The summed E-state index contributed by atoms with van der Waals surface area (Å²) in [5, 5.41) is 8.66. The van der Waals surface area contributed by atoms with Crippen molar-refractivity contribution in [3.05, 3.63) is 12.2 Å². The second kappa shape index (κ2) is 28.3. The molecule has 0 fully saturated rings. The summed E-state index contributed by atoms with van der Waals surface area (Å²) in [6.45, 7) is 4.45. The van der Waals surface area contributed by atoms with Gasteiger partial charge < -0.3 is 9.84 Å². The van der Waals surface area contributed by atoms with Gasteiger partial charge in [-0.05, 0) is 57.8 Å². The second-order valence-corrected chi connectivity index (χ2v) is 10.6. The first kappa shape index (κ1) is 34.7. The molecule has 1 atom stereocenters. The van der Waals surface area contributed by atoms with Gasteiger partial charge in [0.15, 0.2) is 0 Å². The van der Waals surface area contributed by atoms with Crippen LogP contribution in [0.1, 0.15) is 174 Å². The molecule has 1 N–H and O–H groups in total. The highest BCUT2D eigenvalue weighted by Gasteiger charge is 2.13. The Bertz CT molecular complexity index is 514. The number of aliphatic carboxylic acids is 1. The monoisotopic (exact) mass is 508 g/mol. The van der Waals surface area contributed by atoms with Crippen molar-refractivity contribution in [1.29, 1.82) is 0 Å². The topological polar surface area (TPSA) is 63.6 Å². The summed E-state index contributed by atoms with van der Waals surface area (Å²) in [6, 6.07) is 0. The predicted molar refractivity (Wildman–Crippen MR) is 153 cm³/mol. The van der Waals surface area contributed by atoms with Crippen LogP contribution in [0.25, 0.3) is 0 Å². The van der Waals surface area contributed by atoms with Crippen molar-refractivity contribution >= 4 is 11.9 Å². The van der Waals surface area contributed by atoms with Crippen LogP contribution < -0.4 is 0 Å². The Labute approximate surface area is 224 Å². The fourth-order valence-corrected chi connectivity index (χ4v) is 4.63. The average Bonchev–Trinajstić information content (AvgIpc) is 2.86. The van der Waals surface area contributed by atoms with Crippen LogP contribution in [-0.2, 0) is 14.3 Å². The Morgan fingerprint density at radius 3 is 1.58 bits per heavy atom. The molecule has 0 aromatic rings. The Kier molecular flexibility index (Phi) is 27.2. The molecule has 0 saturated heterocycles. The van der Waals surface area contributed by atoms with E-state index >= 15 is 0 Å². The fourth-order valence-electron chi connectivity index (χ4n) is 4.63. The van der Waals surface area contributed by atoms with Gasteiger partial charge in [0, 0.05) is 12.8 Å². The van der Waals surface area contributed by atoms with Crippen molar-refractivity contribution in [3.8, 4) is 0 Å². The van der Waals surface area contributed by atoms with Gasteiger partial charge in [0.05, 0.1) is 0 Å². The summed E-state index contributed by atoms with van der Waals surface area (Å²) in [6.07, 6.45) is 32.5. The Morgan fingerprint density at radius 2 is 1.03 bits per heavy atom. The molecule has 0 amide bonds. The zero-order chi connectivity index (χ0) is 26.5. The maximum atomic E-state index is 12.4. The highest BCUT2D eigenvalue weighted by atomic mass is 16.5. The molecule has 0 aromatic heterocycles. The third-order valence-corrected chi connectivity index (χ3v) is 6.99. The van der Waals surface area contributed by atoms with Crippen LogP contribution in [0, 0.1) is 0 Å². The van der Waals surface area contributed by atoms with Gasteiger partial charge in [-0.1, -0.05) is 116 Å². The highest BCUT2D eigenvalue weighted by molar-refractivity contribution is 5.69. The quantitative estimate of drug-likeness (QED) is 0.0648. The number of rotatable bonds is 28. The molecule has 0 bridgehead atoms. The van der Waals surface area contributed by atoms with Gasteiger partial charge in [0.1, 0.15) is 6.10 Å². The molecule has 0 heterocycles. The number of carboxylic acid groups (broad SMARTS) is 1. The van der Waals surface area contributed by atoms with Crippen LogP contribution in [0.4, 0.5) is 0 Å². The van der Waals surface area contributed by atoms with Crippen molar-refractivity contribution < 1.29 is 19.4 Å². The Morgan fingerprint density at radius 1 is 0.583 bits per heavy atom. The number of carbonyl (C=O) groups is 2. The number of hydrogen-bond donors (Lipinski definition) is 1. The van der Waals surface area contributed by atoms with Gasteiger partial charge in [-0.15, -0.1) is 0 Å². The number of unbranched alkanes of at least 4 members (excludes halogenated alkanes) is 17. The SMILES string of the molecule is CCCCCC/C=C\CCCCCCCC(=O)OC(CCCC)CCCCCCCCCCC(=O)O. The highest BCUT2D eigenvalue weighted by Crippen LogP contribution is 2.17. The lowest BCUT2D eigenvalue weighted by Gasteiger charge is -2.18. The summed E-state index contributed by atoms with van der Waals surface area (Å²) in [7, 11) is 0. The molecule has 0 aromatic carbocycles. The van der Waals surface area contributed by atoms with Crippen LogP contribution in [-0.4, -0.2) is 23.1 Å². The van der Waals surface area contributed by atoms with Crippen molar-refractivity contribution in [2.24, 2.45) is 0 Å². The fraction of sp³-hybridized carbons (Fsp3) is 0.875. The summed E-state index contributed by atoms with van der Waals surface area (Å²) in [5.41, 5.74) is 0. The van der Waals surface area contributed by atoms with Crippen LogP contribution >= 0.6 is 0 Å². The summed E-state index contributed by atoms with van der Waals surface area (Å²) >= 11 is 0. The molecular formula is C32H60O4. The van der Waals surface area contributed by atoms with Gasteiger partial charge in [0.25, 0.3) is 0 Å². The second-order valence-electron chi connectivity index (χ2n) is 10.6. The minimum atomic E-state index is -0.685. The van der Waals surface area contributed by atoms with Crippen LogP contribution in [0.5, 0.6) is 0 Å². The number of allylic oxidation sites excluding steroid dienone is 2. The maximum Gasteiger partial charge on any atom is 0.306 e. The smallest absolute Gasteiger partial charge is 0.306 e. The molecule has 36 heavy (non-hydrogen) atoms. The van der Waals surface area contributed by atoms with E-state index in [0.29, 0.717) is 12.8 Å². The van der Waals surface area contributed by atoms with E-state index in [1.54, 1.807) is 0 Å². The number of ether oxygens (including phenoxy) is 1. The molecule has 0 saturated carbocycles. The summed E-state index contributed by atoms with van der Waals surface area (Å²) in [5.74, 6) is -0.681. The standard InChI is InChI=1S/C32H60O4/c1-3-5-7-8-9-10-11-12-13-14-19-22-25-29-32(35)36-30(26-6-4-2)27-23-20-17-15-16-18-21-24-28-31(33)34/h10-11,30H,3-9,12-29H2,1-2H3,(H,33,34)/b11-10-. The van der Waals surface area contributed by atoms with E-state index in [1.165, 1.54) is 83.5 Å². The first-order valence-electron chi connectivity index (χ1n) is 15.7. The molecule has 0 rings (SSSR count). The first-order chi connectivity index (χ1) is 17.6. The molecule has 1 unspecified atom stereocenters. The zero-order valence-electron chi connectivity index (χ0n) is 24.1. The van der Waals surface area contributed by atoms with Crippen molar-refractivity contribution in [3.63, 3.8) is 0 Å². The minimum absolute atomic E-state index is 0.00321. The van der Waals surface area contributed by atoms with E-state index in [9.17, 15) is 9.59 Å². The molecule has 0 radical (unpaired) electrons. The van der Waals surface area contributed by atoms with E-state index in [-0.39, 0.29) is 12.1 Å². The molecule has 0 aliphatic rings. The van der Waals surface area contributed by atoms with Gasteiger partial charge in [-0.3, -0.25) is 9.59 Å². The number of carboxylic acids is 1. The van der Waals surface area contributed by atoms with Crippen LogP contribution in [0.2, 0.25) is 0 Å². The predicted octanol–water partition coefficient (Wildman–Crippen LogP) is 10.3. The first-order valence-corrected chi connectivity index (χ1v) is 15.7. The third kappa shape index (κ3) is 27.3. The van der Waals surface area contributed by atoms with Gasteiger partial charge in [-0.2, -0.15) is 0 Å². The van der Waals surface area contributed by atoms with E-state index in [1.807, 2.05) is 0 Å². The molecule has 0 aliphatic carbocycles. The van der Waals surface area contributed by atoms with Crippen molar-refractivity contribution in [2.75, 3.05) is 0 Å². The molecular weight excluding hydrogens is 448 g/mol. The zero-order valence-corrected chi connectivity index (χ0v) is 24.1. The van der Waals surface area contributed by atoms with Crippen LogP contribution in [0.15, 0.2) is 12.2 Å². The molecule has 212 valence electrons. The lowest BCUT2D eigenvalue weighted by Crippen LogP contribution is -2.18. The molecule has 0 spiro atoms. The Balaban J connectivity index is 3.71. The average molecular weight is 509 g/mol. The molecule has 4 nitrogen and oxygen atoms in total. The normalized spacial score (nSPS) is 12.3. The van der Waals surface area contributed by atoms with Crippen molar-refractivity contribution in [1.82, 2.24) is 0 Å². The number of esters is 1. The summed E-state index contributed by atoms with van der Waals surface area (Å²) < 4.78 is 5.85.